The maximum atomic E-state index is 14.6. The predicted molar refractivity (Wildman–Crippen MR) is 117 cm³/mol. The second-order valence-electron chi connectivity index (χ2n) is 7.92. The summed E-state index contributed by atoms with van der Waals surface area (Å²) in [6.45, 7) is 5.78. The van der Waals surface area contributed by atoms with Gasteiger partial charge in [-0.15, -0.1) is 0 Å². The van der Waals surface area contributed by atoms with E-state index < -0.39 is 17.5 Å². The average molecular weight is 439 g/mol. The minimum absolute atomic E-state index is 0.00583. The molecule has 1 aliphatic heterocycles. The fraction of sp³-hybridized carbons (Fsp3) is 0.304. The Balaban J connectivity index is 1.78. The number of amides is 1. The van der Waals surface area contributed by atoms with Crippen LogP contribution in [0.3, 0.4) is 0 Å². The van der Waals surface area contributed by atoms with Crippen LogP contribution in [-0.2, 0) is 0 Å². The van der Waals surface area contributed by atoms with Crippen molar-refractivity contribution in [3.05, 3.63) is 60.1 Å². The lowest BCUT2D eigenvalue weighted by Crippen LogP contribution is -2.24. The molecule has 0 unspecified atom stereocenters. The number of hydrogen-bond acceptors (Lipinski definition) is 6. The normalized spacial score (nSPS) is 18.0. The van der Waals surface area contributed by atoms with Crippen molar-refractivity contribution < 1.29 is 18.3 Å². The summed E-state index contributed by atoms with van der Waals surface area (Å²) in [6, 6.07) is 5.43. The van der Waals surface area contributed by atoms with Crippen LogP contribution in [0.5, 0.6) is 5.88 Å². The van der Waals surface area contributed by atoms with Gasteiger partial charge < -0.3 is 15.0 Å². The predicted octanol–water partition coefficient (Wildman–Crippen LogP) is 4.17. The van der Waals surface area contributed by atoms with E-state index in [4.69, 9.17) is 4.74 Å². The van der Waals surface area contributed by atoms with Crippen molar-refractivity contribution in [3.8, 4) is 17.1 Å². The summed E-state index contributed by atoms with van der Waals surface area (Å²) in [6.07, 6.45) is 4.26. The highest BCUT2D eigenvalue weighted by Gasteiger charge is 2.30. The third-order valence-corrected chi connectivity index (χ3v) is 5.73. The van der Waals surface area contributed by atoms with Crippen LogP contribution in [0.2, 0.25) is 0 Å². The number of hydrogen-bond donors (Lipinski definition) is 1. The van der Waals surface area contributed by atoms with E-state index in [-0.39, 0.29) is 17.1 Å². The Hall–Kier alpha value is -3.62. The van der Waals surface area contributed by atoms with E-state index in [1.807, 2.05) is 0 Å². The molecule has 7 nitrogen and oxygen atoms in total. The van der Waals surface area contributed by atoms with Gasteiger partial charge in [0, 0.05) is 37.2 Å². The minimum Gasteiger partial charge on any atom is -0.479 e. The molecule has 1 aliphatic rings. The van der Waals surface area contributed by atoms with Crippen LogP contribution in [0.15, 0.2) is 42.9 Å². The van der Waals surface area contributed by atoms with E-state index in [2.05, 4.69) is 39.0 Å². The number of anilines is 2. The lowest BCUT2D eigenvalue weighted by molar-refractivity contribution is 0.102. The molecule has 3 aromatic heterocycles. The third kappa shape index (κ3) is 4.10. The Morgan fingerprint density at radius 1 is 1.09 bits per heavy atom. The van der Waals surface area contributed by atoms with Gasteiger partial charge in [0.2, 0.25) is 5.88 Å². The zero-order valence-corrected chi connectivity index (χ0v) is 18.0. The smallest absolute Gasteiger partial charge is 0.257 e. The number of nitrogens with zero attached hydrogens (tertiary/aromatic N) is 4. The van der Waals surface area contributed by atoms with Gasteiger partial charge in [-0.25, -0.2) is 18.7 Å². The number of ether oxygens (including phenoxy) is 1. The first-order chi connectivity index (χ1) is 15.4. The van der Waals surface area contributed by atoms with E-state index in [9.17, 15) is 13.6 Å². The molecule has 4 rings (SSSR count). The van der Waals surface area contributed by atoms with E-state index in [0.29, 0.717) is 28.9 Å². The van der Waals surface area contributed by atoms with Gasteiger partial charge in [-0.1, -0.05) is 13.8 Å². The minimum atomic E-state index is -0.759. The quantitative estimate of drug-likeness (QED) is 0.643. The number of rotatable bonds is 5. The fourth-order valence-electron chi connectivity index (χ4n) is 3.78. The molecule has 4 heterocycles. The fourth-order valence-corrected chi connectivity index (χ4v) is 3.78. The van der Waals surface area contributed by atoms with Crippen LogP contribution in [0.1, 0.15) is 24.2 Å². The van der Waals surface area contributed by atoms with Crippen LogP contribution < -0.4 is 15.0 Å². The number of aromatic nitrogens is 3. The molecule has 1 N–H and O–H groups in total. The van der Waals surface area contributed by atoms with Crippen molar-refractivity contribution in [2.45, 2.75) is 13.8 Å². The second kappa shape index (κ2) is 8.86. The van der Waals surface area contributed by atoms with Crippen LogP contribution in [0.25, 0.3) is 11.3 Å². The average Bonchev–Trinajstić information content (AvgIpc) is 3.12. The number of nitrogens with one attached hydrogen (secondary N) is 1. The van der Waals surface area contributed by atoms with Crippen molar-refractivity contribution in [1.82, 2.24) is 15.0 Å². The van der Waals surface area contributed by atoms with Crippen LogP contribution in [-0.4, -0.2) is 41.1 Å². The highest BCUT2D eigenvalue weighted by Crippen LogP contribution is 2.38. The summed E-state index contributed by atoms with van der Waals surface area (Å²) < 4.78 is 33.5. The Kier molecular flexibility index (Phi) is 5.98. The number of carbonyl (C=O) groups is 1. The molecule has 0 bridgehead atoms. The monoisotopic (exact) mass is 439 g/mol. The molecule has 1 saturated heterocycles. The van der Waals surface area contributed by atoms with Gasteiger partial charge in [-0.2, -0.15) is 0 Å². The zero-order valence-electron chi connectivity index (χ0n) is 18.0. The molecular formula is C23H23F2N5O2. The molecule has 1 fully saturated rings. The van der Waals surface area contributed by atoms with Gasteiger partial charge in [0.25, 0.3) is 5.91 Å². The Morgan fingerprint density at radius 2 is 1.84 bits per heavy atom. The standard InChI is InChI=1S/C23H23F2N5O2/c1-13-11-30(12-14(13)2)21-20(16(6-8-27-21)19-17(24)5-4-7-26-19)29-22(31)15-9-18(25)23(32-3)28-10-15/h4-10,13-14H,11-12H2,1-3H3,(H,29,31)/t13-,14+. The zero-order chi connectivity index (χ0) is 22.8. The number of methoxy groups -OCH3 is 1. The number of carbonyl (C=O) groups excluding carboxylic acids is 1. The first-order valence-electron chi connectivity index (χ1n) is 10.2. The molecule has 0 spiro atoms. The summed E-state index contributed by atoms with van der Waals surface area (Å²) in [7, 11) is 1.29. The van der Waals surface area contributed by atoms with Crippen LogP contribution in [0, 0.1) is 23.5 Å². The molecule has 2 atom stereocenters. The maximum absolute atomic E-state index is 14.6. The topological polar surface area (TPSA) is 80.2 Å². The van der Waals surface area contributed by atoms with Crippen molar-refractivity contribution in [2.24, 2.45) is 11.8 Å². The van der Waals surface area contributed by atoms with E-state index in [0.717, 1.165) is 19.2 Å². The second-order valence-corrected chi connectivity index (χ2v) is 7.92. The van der Waals surface area contributed by atoms with Crippen LogP contribution >= 0.6 is 0 Å². The van der Waals surface area contributed by atoms with Gasteiger partial charge in [-0.05, 0) is 36.1 Å². The van der Waals surface area contributed by atoms with Gasteiger partial charge in [0.05, 0.1) is 18.4 Å². The molecule has 0 aromatic carbocycles. The Bertz CT molecular complexity index is 1150. The number of pyridine rings is 3. The van der Waals surface area contributed by atoms with E-state index in [1.54, 1.807) is 12.3 Å². The SMILES string of the molecule is COc1ncc(C(=O)Nc2c(-c3ncccc3F)ccnc2N2C[C@@H](C)[C@@H](C)C2)cc1F. The summed E-state index contributed by atoms with van der Waals surface area (Å²) in [4.78, 5) is 27.5. The summed E-state index contributed by atoms with van der Waals surface area (Å²) >= 11 is 0. The van der Waals surface area contributed by atoms with Gasteiger partial charge >= 0.3 is 0 Å². The largest absolute Gasteiger partial charge is 0.479 e. The first kappa shape index (κ1) is 21.6. The molecule has 0 aliphatic carbocycles. The highest BCUT2D eigenvalue weighted by molar-refractivity contribution is 6.08. The molecular weight excluding hydrogens is 416 g/mol. The molecule has 166 valence electrons. The lowest BCUT2D eigenvalue weighted by atomic mass is 10.0. The molecule has 32 heavy (non-hydrogen) atoms. The molecule has 0 radical (unpaired) electrons. The van der Waals surface area contributed by atoms with E-state index >= 15 is 0 Å². The van der Waals surface area contributed by atoms with E-state index in [1.165, 1.54) is 31.6 Å². The summed E-state index contributed by atoms with van der Waals surface area (Å²) in [5, 5.41) is 2.80. The van der Waals surface area contributed by atoms with Gasteiger partial charge in [0.1, 0.15) is 11.5 Å². The van der Waals surface area contributed by atoms with Crippen molar-refractivity contribution in [3.63, 3.8) is 0 Å². The molecule has 9 heteroatoms. The summed E-state index contributed by atoms with van der Waals surface area (Å²) in [5.74, 6) is -0.735. The Morgan fingerprint density at radius 3 is 2.50 bits per heavy atom. The number of halogens is 2. The first-order valence-corrected chi connectivity index (χ1v) is 10.2. The maximum Gasteiger partial charge on any atom is 0.257 e. The van der Waals surface area contributed by atoms with Crippen molar-refractivity contribution in [1.29, 1.82) is 0 Å². The van der Waals surface area contributed by atoms with Gasteiger partial charge in [0.15, 0.2) is 11.6 Å². The lowest BCUT2D eigenvalue weighted by Gasteiger charge is -2.23. The molecule has 1 amide bonds. The van der Waals surface area contributed by atoms with Crippen molar-refractivity contribution in [2.75, 3.05) is 30.4 Å². The Labute approximate surface area is 184 Å². The molecule has 3 aromatic rings. The van der Waals surface area contributed by atoms with Gasteiger partial charge in [-0.3, -0.25) is 9.78 Å². The molecule has 0 saturated carbocycles. The van der Waals surface area contributed by atoms with Crippen LogP contribution in [0.4, 0.5) is 20.3 Å². The summed E-state index contributed by atoms with van der Waals surface area (Å²) in [5.41, 5.74) is 0.780. The highest BCUT2D eigenvalue weighted by atomic mass is 19.1. The van der Waals surface area contributed by atoms with Crippen molar-refractivity contribution >= 4 is 17.4 Å². The third-order valence-electron chi connectivity index (χ3n) is 5.73.